The smallest absolute Gasteiger partial charge is 0.176 e. The van der Waals surface area contributed by atoms with Crippen LogP contribution < -0.4 is 0 Å². The third-order valence-electron chi connectivity index (χ3n) is 3.94. The maximum absolute atomic E-state index is 12.3. The van der Waals surface area contributed by atoms with E-state index in [2.05, 4.69) is 18.9 Å². The van der Waals surface area contributed by atoms with E-state index in [0.717, 1.165) is 6.42 Å². The molecule has 1 aliphatic carbocycles. The Morgan fingerprint density at radius 1 is 1.50 bits per heavy atom. The fourth-order valence-electron chi connectivity index (χ4n) is 2.66. The van der Waals surface area contributed by atoms with Gasteiger partial charge in [-0.3, -0.25) is 14.3 Å². The fourth-order valence-corrected chi connectivity index (χ4v) is 2.66. The monoisotopic (exact) mass is 248 g/mol. The summed E-state index contributed by atoms with van der Waals surface area (Å²) in [7, 11) is 1.77. The minimum atomic E-state index is -0.449. The van der Waals surface area contributed by atoms with Crippen LogP contribution in [0.5, 0.6) is 0 Å². The van der Waals surface area contributed by atoms with E-state index in [4.69, 9.17) is 0 Å². The first-order chi connectivity index (χ1) is 8.49. The number of ketones is 2. The molecule has 2 rings (SSSR count). The van der Waals surface area contributed by atoms with Crippen molar-refractivity contribution in [3.05, 3.63) is 18.0 Å². The first-order valence-electron chi connectivity index (χ1n) is 6.54. The molecule has 1 fully saturated rings. The molecule has 98 valence electrons. The van der Waals surface area contributed by atoms with Crippen molar-refractivity contribution in [2.75, 3.05) is 0 Å². The topological polar surface area (TPSA) is 52.0 Å². The van der Waals surface area contributed by atoms with E-state index in [0.29, 0.717) is 30.2 Å². The summed E-state index contributed by atoms with van der Waals surface area (Å²) in [6.07, 6.45) is 5.40. The molecule has 2 atom stereocenters. The van der Waals surface area contributed by atoms with E-state index in [1.165, 1.54) is 0 Å². The van der Waals surface area contributed by atoms with Crippen LogP contribution in [0.3, 0.4) is 0 Å². The maximum Gasteiger partial charge on any atom is 0.176 e. The van der Waals surface area contributed by atoms with Crippen LogP contribution in [0.4, 0.5) is 0 Å². The van der Waals surface area contributed by atoms with Crippen molar-refractivity contribution in [3.8, 4) is 0 Å². The minimum Gasteiger partial charge on any atom is -0.299 e. The van der Waals surface area contributed by atoms with Crippen molar-refractivity contribution in [1.82, 2.24) is 9.78 Å². The highest BCUT2D eigenvalue weighted by Gasteiger charge is 2.35. The number of hydrogen-bond donors (Lipinski definition) is 0. The first kappa shape index (κ1) is 13.0. The predicted molar refractivity (Wildman–Crippen MR) is 68.2 cm³/mol. The Labute approximate surface area is 107 Å². The average Bonchev–Trinajstić information content (AvgIpc) is 2.75. The summed E-state index contributed by atoms with van der Waals surface area (Å²) in [5.41, 5.74) is 0.556. The van der Waals surface area contributed by atoms with Crippen LogP contribution in [0, 0.1) is 17.8 Å². The molecule has 4 heteroatoms. The van der Waals surface area contributed by atoms with Crippen molar-refractivity contribution in [1.29, 1.82) is 0 Å². The van der Waals surface area contributed by atoms with Gasteiger partial charge in [-0.2, -0.15) is 5.10 Å². The predicted octanol–water partition coefficient (Wildman–Crippen LogP) is 2.24. The number of nitrogens with zero attached hydrogens (tertiary/aromatic N) is 2. The van der Waals surface area contributed by atoms with Crippen LogP contribution in [0.15, 0.2) is 12.4 Å². The number of hydrogen-bond acceptors (Lipinski definition) is 3. The lowest BCUT2D eigenvalue weighted by Crippen LogP contribution is -2.33. The Morgan fingerprint density at radius 3 is 2.78 bits per heavy atom. The zero-order valence-electron chi connectivity index (χ0n) is 11.2. The van der Waals surface area contributed by atoms with E-state index in [1.54, 1.807) is 24.1 Å². The van der Waals surface area contributed by atoms with Crippen molar-refractivity contribution in [3.63, 3.8) is 0 Å². The molecule has 0 N–H and O–H groups in total. The number of aromatic nitrogens is 2. The highest BCUT2D eigenvalue weighted by Crippen LogP contribution is 2.33. The minimum absolute atomic E-state index is 0.0570. The van der Waals surface area contributed by atoms with Crippen LogP contribution in [0.1, 0.15) is 43.5 Å². The number of aryl methyl sites for hydroxylation is 1. The lowest BCUT2D eigenvalue weighted by molar-refractivity contribution is -0.124. The molecule has 1 heterocycles. The summed E-state index contributed by atoms with van der Waals surface area (Å²) in [4.78, 5) is 24.3. The van der Waals surface area contributed by atoms with Gasteiger partial charge in [-0.15, -0.1) is 0 Å². The second kappa shape index (κ2) is 5.04. The van der Waals surface area contributed by atoms with Gasteiger partial charge in [-0.25, -0.2) is 0 Å². The van der Waals surface area contributed by atoms with Crippen LogP contribution in [0.2, 0.25) is 0 Å². The Balaban J connectivity index is 2.15. The second-order valence-electron chi connectivity index (χ2n) is 5.56. The van der Waals surface area contributed by atoms with Gasteiger partial charge < -0.3 is 0 Å². The molecule has 1 aromatic heterocycles. The van der Waals surface area contributed by atoms with E-state index < -0.39 is 5.92 Å². The van der Waals surface area contributed by atoms with Gasteiger partial charge in [0.2, 0.25) is 0 Å². The summed E-state index contributed by atoms with van der Waals surface area (Å²) in [6, 6.07) is 0. The number of carbonyl (C=O) groups excluding carboxylic acids is 2. The van der Waals surface area contributed by atoms with Crippen LogP contribution in [0.25, 0.3) is 0 Å². The van der Waals surface area contributed by atoms with Gasteiger partial charge in [0.05, 0.1) is 17.7 Å². The SMILES string of the molecule is CC(C)C1CCC(=O)C(C(=O)c2cnn(C)c2)C1. The third kappa shape index (κ3) is 2.52. The second-order valence-corrected chi connectivity index (χ2v) is 5.56. The Bertz CT molecular complexity index is 462. The van der Waals surface area contributed by atoms with Crippen molar-refractivity contribution < 1.29 is 9.59 Å². The molecule has 1 aliphatic rings. The standard InChI is InChI=1S/C14H20N2O2/c1-9(2)10-4-5-13(17)12(6-10)14(18)11-7-15-16(3)8-11/h7-10,12H,4-6H2,1-3H3. The van der Waals surface area contributed by atoms with Crippen molar-refractivity contribution >= 4 is 11.6 Å². The fraction of sp³-hybridized carbons (Fsp3) is 0.643. The highest BCUT2D eigenvalue weighted by atomic mass is 16.2. The van der Waals surface area contributed by atoms with Gasteiger partial charge in [-0.05, 0) is 24.7 Å². The number of rotatable bonds is 3. The molecule has 1 saturated carbocycles. The lowest BCUT2D eigenvalue weighted by Gasteiger charge is -2.29. The largest absolute Gasteiger partial charge is 0.299 e. The van der Waals surface area contributed by atoms with E-state index in [9.17, 15) is 9.59 Å². The molecule has 0 aliphatic heterocycles. The summed E-state index contributed by atoms with van der Waals surface area (Å²) >= 11 is 0. The average molecular weight is 248 g/mol. The lowest BCUT2D eigenvalue weighted by atomic mass is 9.73. The Kier molecular flexibility index (Phi) is 3.64. The first-order valence-corrected chi connectivity index (χ1v) is 6.54. The van der Waals surface area contributed by atoms with Gasteiger partial charge in [0.25, 0.3) is 0 Å². The molecule has 0 amide bonds. The van der Waals surface area contributed by atoms with Crippen LogP contribution >= 0.6 is 0 Å². The van der Waals surface area contributed by atoms with E-state index in [-0.39, 0.29) is 11.6 Å². The molecule has 0 bridgehead atoms. The summed E-state index contributed by atoms with van der Waals surface area (Å²) < 4.78 is 1.60. The molecule has 0 radical (unpaired) electrons. The molecule has 0 aromatic carbocycles. The summed E-state index contributed by atoms with van der Waals surface area (Å²) in [5.74, 6) is 0.602. The normalized spacial score (nSPS) is 24.6. The third-order valence-corrected chi connectivity index (χ3v) is 3.94. The number of Topliss-reactive ketones (excluding diaryl/α,β-unsaturated/α-hetero) is 2. The Morgan fingerprint density at radius 2 is 2.22 bits per heavy atom. The zero-order valence-corrected chi connectivity index (χ0v) is 11.2. The van der Waals surface area contributed by atoms with Crippen molar-refractivity contribution in [2.45, 2.75) is 33.1 Å². The van der Waals surface area contributed by atoms with E-state index in [1.807, 2.05) is 0 Å². The molecule has 0 saturated heterocycles. The van der Waals surface area contributed by atoms with Crippen LogP contribution in [-0.2, 0) is 11.8 Å². The molecule has 0 spiro atoms. The molecule has 4 nitrogen and oxygen atoms in total. The van der Waals surface area contributed by atoms with Gasteiger partial charge in [0.1, 0.15) is 5.78 Å². The zero-order chi connectivity index (χ0) is 13.3. The summed E-state index contributed by atoms with van der Waals surface area (Å²) in [5, 5.41) is 4.00. The summed E-state index contributed by atoms with van der Waals surface area (Å²) in [6.45, 7) is 4.32. The Hall–Kier alpha value is -1.45. The van der Waals surface area contributed by atoms with Crippen molar-refractivity contribution in [2.24, 2.45) is 24.8 Å². The molecule has 1 aromatic rings. The van der Waals surface area contributed by atoms with Gasteiger partial charge >= 0.3 is 0 Å². The highest BCUT2D eigenvalue weighted by molar-refractivity contribution is 6.10. The van der Waals surface area contributed by atoms with E-state index >= 15 is 0 Å². The van der Waals surface area contributed by atoms with Crippen LogP contribution in [-0.4, -0.2) is 21.3 Å². The molecular formula is C14H20N2O2. The molecule has 2 unspecified atom stereocenters. The van der Waals surface area contributed by atoms with Gasteiger partial charge in [0, 0.05) is 19.7 Å². The quantitative estimate of drug-likeness (QED) is 0.609. The number of carbonyl (C=O) groups is 2. The molecular weight excluding hydrogens is 228 g/mol. The molecule has 18 heavy (non-hydrogen) atoms. The van der Waals surface area contributed by atoms with Gasteiger partial charge in [-0.1, -0.05) is 13.8 Å². The van der Waals surface area contributed by atoms with Gasteiger partial charge in [0.15, 0.2) is 5.78 Å². The maximum atomic E-state index is 12.3.